The van der Waals surface area contributed by atoms with Crippen molar-refractivity contribution in [3.8, 4) is 0 Å². The van der Waals surface area contributed by atoms with Crippen molar-refractivity contribution in [2.24, 2.45) is 5.92 Å². The molecule has 0 aliphatic carbocycles. The minimum atomic E-state index is -2.07. The van der Waals surface area contributed by atoms with E-state index < -0.39 is 8.32 Å². The molecular weight excluding hydrogens is 380 g/mol. The zero-order valence-corrected chi connectivity index (χ0v) is 20.2. The Labute approximate surface area is 178 Å². The van der Waals surface area contributed by atoms with E-state index in [1.165, 1.54) is 7.11 Å². The molecule has 0 saturated heterocycles. The fourth-order valence-corrected chi connectivity index (χ4v) is 3.97. The summed E-state index contributed by atoms with van der Waals surface area (Å²) in [7, 11) is -0.647. The van der Waals surface area contributed by atoms with Crippen LogP contribution in [-0.4, -0.2) is 27.5 Å². The first-order valence-electron chi connectivity index (χ1n) is 10.3. The monoisotopic (exact) mass is 418 g/mol. The maximum atomic E-state index is 11.7. The smallest absolute Gasteiger partial charge is 0.305 e. The molecule has 0 saturated carbocycles. The van der Waals surface area contributed by atoms with Gasteiger partial charge >= 0.3 is 5.97 Å². The highest BCUT2D eigenvalue weighted by molar-refractivity contribution is 6.74. The van der Waals surface area contributed by atoms with Crippen LogP contribution in [0.2, 0.25) is 18.1 Å². The van der Waals surface area contributed by atoms with Crippen LogP contribution in [0.4, 0.5) is 0 Å². The van der Waals surface area contributed by atoms with E-state index in [9.17, 15) is 4.79 Å². The van der Waals surface area contributed by atoms with Gasteiger partial charge in [-0.2, -0.15) is 0 Å². The van der Waals surface area contributed by atoms with Crippen molar-refractivity contribution in [1.82, 2.24) is 0 Å². The van der Waals surface area contributed by atoms with Gasteiger partial charge in [-0.1, -0.05) is 70.7 Å². The summed E-state index contributed by atoms with van der Waals surface area (Å²) in [6, 6.07) is 10.1. The van der Waals surface area contributed by atoms with Crippen molar-refractivity contribution >= 4 is 14.3 Å². The van der Waals surface area contributed by atoms with Gasteiger partial charge in [0.25, 0.3) is 0 Å². The molecule has 0 fully saturated rings. The molecule has 1 rings (SSSR count). The standard InChI is InChI=1S/C24H38O4Si/c1-9-13-21(27-18-20-14-11-10-12-15-20)23(19(2)16-17-22(25)26-6)28-29(7,8)24(3,4)5/h9-15,19,23H,1,16-18H2,2-8H3/b21-13-/t19-,23-/m1/s1. The third-order valence-corrected chi connectivity index (χ3v) is 10.0. The van der Waals surface area contributed by atoms with Crippen molar-refractivity contribution in [2.75, 3.05) is 7.11 Å². The predicted octanol–water partition coefficient (Wildman–Crippen LogP) is 6.25. The second-order valence-electron chi connectivity index (χ2n) is 8.97. The number of carbonyl (C=O) groups excluding carboxylic acids is 1. The predicted molar refractivity (Wildman–Crippen MR) is 122 cm³/mol. The van der Waals surface area contributed by atoms with Crippen LogP contribution in [0.1, 0.15) is 46.1 Å². The summed E-state index contributed by atoms with van der Waals surface area (Å²) >= 11 is 0. The summed E-state index contributed by atoms with van der Waals surface area (Å²) in [4.78, 5) is 11.7. The summed E-state index contributed by atoms with van der Waals surface area (Å²) in [5.74, 6) is 0.638. The van der Waals surface area contributed by atoms with Crippen LogP contribution in [0, 0.1) is 5.92 Å². The number of methoxy groups -OCH3 is 1. The van der Waals surface area contributed by atoms with E-state index in [4.69, 9.17) is 13.9 Å². The number of carbonyl (C=O) groups is 1. The Morgan fingerprint density at radius 2 is 1.83 bits per heavy atom. The lowest BCUT2D eigenvalue weighted by atomic mass is 9.97. The molecule has 1 aromatic rings. The first kappa shape index (κ1) is 25.2. The molecule has 0 radical (unpaired) electrons. The summed E-state index contributed by atoms with van der Waals surface area (Å²) in [6.07, 6.45) is 4.39. The van der Waals surface area contributed by atoms with E-state index in [2.05, 4.69) is 47.4 Å². The SMILES string of the molecule is C=C/C=C(\OCc1ccccc1)[C@H](O[Si](C)(C)C(C)(C)C)[C@H](C)CCC(=O)OC. The topological polar surface area (TPSA) is 44.8 Å². The van der Waals surface area contributed by atoms with Crippen LogP contribution < -0.4 is 0 Å². The molecule has 0 aliphatic heterocycles. The Hall–Kier alpha value is -1.85. The first-order chi connectivity index (χ1) is 13.5. The number of hydrogen-bond acceptors (Lipinski definition) is 4. The lowest BCUT2D eigenvalue weighted by Crippen LogP contribution is -2.46. The molecule has 0 bridgehead atoms. The first-order valence-corrected chi connectivity index (χ1v) is 13.2. The number of allylic oxidation sites excluding steroid dienone is 2. The largest absolute Gasteiger partial charge is 0.491 e. The van der Waals surface area contributed by atoms with Crippen molar-refractivity contribution in [3.05, 3.63) is 60.4 Å². The molecule has 0 aliphatic rings. The van der Waals surface area contributed by atoms with Gasteiger partial charge in [-0.25, -0.2) is 0 Å². The second-order valence-corrected chi connectivity index (χ2v) is 13.7. The van der Waals surface area contributed by atoms with Crippen LogP contribution in [0.25, 0.3) is 0 Å². The summed E-state index contributed by atoms with van der Waals surface area (Å²) in [6.45, 7) is 17.5. The van der Waals surface area contributed by atoms with E-state index in [1.54, 1.807) is 6.08 Å². The van der Waals surface area contributed by atoms with E-state index in [1.807, 2.05) is 36.4 Å². The van der Waals surface area contributed by atoms with Gasteiger partial charge < -0.3 is 13.9 Å². The van der Waals surface area contributed by atoms with E-state index in [0.29, 0.717) is 19.4 Å². The molecule has 0 amide bonds. The van der Waals surface area contributed by atoms with Gasteiger partial charge in [-0.3, -0.25) is 4.79 Å². The van der Waals surface area contributed by atoms with E-state index >= 15 is 0 Å². The van der Waals surface area contributed by atoms with Crippen LogP contribution in [-0.2, 0) is 25.3 Å². The van der Waals surface area contributed by atoms with Crippen molar-refractivity contribution in [1.29, 1.82) is 0 Å². The molecule has 0 heterocycles. The fourth-order valence-electron chi connectivity index (χ4n) is 2.63. The minimum Gasteiger partial charge on any atom is -0.491 e. The third-order valence-electron chi connectivity index (χ3n) is 5.59. The second kappa shape index (κ2) is 11.4. The summed E-state index contributed by atoms with van der Waals surface area (Å²) < 4.78 is 17.8. The highest BCUT2D eigenvalue weighted by atomic mass is 28.4. The maximum Gasteiger partial charge on any atom is 0.305 e. The molecule has 5 heteroatoms. The average Bonchev–Trinajstić information content (AvgIpc) is 2.67. The quantitative estimate of drug-likeness (QED) is 0.184. The number of esters is 1. The lowest BCUT2D eigenvalue weighted by molar-refractivity contribution is -0.141. The fraction of sp³-hybridized carbons (Fsp3) is 0.542. The van der Waals surface area contributed by atoms with Gasteiger partial charge in [0.1, 0.15) is 18.5 Å². The Morgan fingerprint density at radius 3 is 2.34 bits per heavy atom. The van der Waals surface area contributed by atoms with Gasteiger partial charge in [0.15, 0.2) is 8.32 Å². The normalized spacial score (nSPS) is 14.8. The highest BCUT2D eigenvalue weighted by Gasteiger charge is 2.41. The van der Waals surface area contributed by atoms with Crippen molar-refractivity contribution < 1.29 is 18.7 Å². The summed E-state index contributed by atoms with van der Waals surface area (Å²) in [5.41, 5.74) is 1.09. The zero-order valence-electron chi connectivity index (χ0n) is 19.2. The number of ether oxygens (including phenoxy) is 2. The molecule has 0 N–H and O–H groups in total. The minimum absolute atomic E-state index is 0.0615. The molecule has 0 spiro atoms. The molecule has 0 aromatic heterocycles. The molecule has 2 atom stereocenters. The summed E-state index contributed by atoms with van der Waals surface area (Å²) in [5, 5.41) is 0.0615. The number of hydrogen-bond donors (Lipinski definition) is 0. The van der Waals surface area contributed by atoms with Gasteiger partial charge in [-0.15, -0.1) is 0 Å². The highest BCUT2D eigenvalue weighted by Crippen LogP contribution is 2.39. The maximum absolute atomic E-state index is 11.7. The van der Waals surface area contributed by atoms with Gasteiger partial charge in [0.2, 0.25) is 0 Å². The van der Waals surface area contributed by atoms with Gasteiger partial charge in [0, 0.05) is 6.42 Å². The molecule has 1 aromatic carbocycles. The Morgan fingerprint density at radius 1 is 1.21 bits per heavy atom. The third kappa shape index (κ3) is 8.19. The van der Waals surface area contributed by atoms with Crippen LogP contribution in [0.15, 0.2) is 54.8 Å². The Bertz CT molecular complexity index is 674. The molecule has 4 nitrogen and oxygen atoms in total. The molecule has 29 heavy (non-hydrogen) atoms. The van der Waals surface area contributed by atoms with Gasteiger partial charge in [-0.05, 0) is 42.1 Å². The number of rotatable bonds is 11. The van der Waals surface area contributed by atoms with Gasteiger partial charge in [0.05, 0.1) is 7.11 Å². The van der Waals surface area contributed by atoms with Crippen LogP contribution in [0.3, 0.4) is 0 Å². The molecular formula is C24H38O4Si. The number of benzene rings is 1. The molecule has 0 unspecified atom stereocenters. The lowest BCUT2D eigenvalue weighted by Gasteiger charge is -2.41. The average molecular weight is 419 g/mol. The molecule has 162 valence electrons. The van der Waals surface area contributed by atoms with Crippen molar-refractivity contribution in [3.63, 3.8) is 0 Å². The van der Waals surface area contributed by atoms with Crippen LogP contribution in [0.5, 0.6) is 0 Å². The van der Waals surface area contributed by atoms with Crippen LogP contribution >= 0.6 is 0 Å². The Balaban J connectivity index is 3.10. The van der Waals surface area contributed by atoms with E-state index in [-0.39, 0.29) is 23.0 Å². The zero-order chi connectivity index (χ0) is 22.1. The van der Waals surface area contributed by atoms with E-state index in [0.717, 1.165) is 11.3 Å². The van der Waals surface area contributed by atoms with Crippen molar-refractivity contribution in [2.45, 2.75) is 71.4 Å². The Kier molecular flexibility index (Phi) is 9.87.